The Morgan fingerprint density at radius 2 is 1.92 bits per heavy atom. The molecule has 4 heteroatoms. The summed E-state index contributed by atoms with van der Waals surface area (Å²) in [6, 6.07) is -0.558. The van der Waals surface area contributed by atoms with Crippen molar-refractivity contribution in [3.05, 3.63) is 0 Å². The van der Waals surface area contributed by atoms with Crippen molar-refractivity contribution in [3.63, 3.8) is 0 Å². The molecule has 0 radical (unpaired) electrons. The molecule has 1 amide bonds. The normalized spacial score (nSPS) is 12.5. The highest BCUT2D eigenvalue weighted by Gasteiger charge is 2.07. The second kappa shape index (κ2) is 5.71. The molecule has 0 saturated carbocycles. The van der Waals surface area contributed by atoms with Crippen LogP contribution in [0.4, 0.5) is 0 Å². The van der Waals surface area contributed by atoms with Gasteiger partial charge in [-0.25, -0.2) is 0 Å². The summed E-state index contributed by atoms with van der Waals surface area (Å²) in [7, 11) is 0. The van der Waals surface area contributed by atoms with Gasteiger partial charge in [-0.15, -0.1) is 0 Å². The van der Waals surface area contributed by atoms with E-state index in [4.69, 9.17) is 11.5 Å². The highest BCUT2D eigenvalue weighted by Crippen LogP contribution is 2.02. The van der Waals surface area contributed by atoms with Gasteiger partial charge in [-0.05, 0) is 19.8 Å². The Balaban J connectivity index is 3.31. The molecule has 70 valence electrons. The number of rotatable bonds is 6. The molecule has 12 heavy (non-hydrogen) atoms. The van der Waals surface area contributed by atoms with E-state index in [1.807, 2.05) is 0 Å². The van der Waals surface area contributed by atoms with E-state index in [2.05, 4.69) is 0 Å². The van der Waals surface area contributed by atoms with Crippen LogP contribution in [0, 0.1) is 0 Å². The van der Waals surface area contributed by atoms with Gasteiger partial charge in [0.25, 0.3) is 0 Å². The maximum absolute atomic E-state index is 10.5. The van der Waals surface area contributed by atoms with E-state index < -0.39 is 11.9 Å². The lowest BCUT2D eigenvalue weighted by atomic mass is 10.1. The molecule has 0 fully saturated rings. The predicted molar refractivity (Wildman–Crippen MR) is 46.3 cm³/mol. The molecule has 0 aliphatic rings. The number of unbranched alkanes of at least 4 members (excludes halogenated alkanes) is 1. The van der Waals surface area contributed by atoms with Gasteiger partial charge < -0.3 is 16.3 Å². The third-order valence-corrected chi connectivity index (χ3v) is 1.66. The monoisotopic (exact) mass is 172 g/mol. The van der Waals surface area contributed by atoms with Crippen molar-refractivity contribution < 1.29 is 9.59 Å². The van der Waals surface area contributed by atoms with E-state index in [-0.39, 0.29) is 5.78 Å². The van der Waals surface area contributed by atoms with Crippen LogP contribution in [0.1, 0.15) is 32.6 Å². The minimum Gasteiger partial charge on any atom is -0.368 e. The number of hydrogen-bond acceptors (Lipinski definition) is 3. The minimum absolute atomic E-state index is 0.169. The summed E-state index contributed by atoms with van der Waals surface area (Å²) in [4.78, 5) is 21.0. The van der Waals surface area contributed by atoms with E-state index in [1.165, 1.54) is 0 Å². The zero-order valence-corrected chi connectivity index (χ0v) is 7.38. The first-order chi connectivity index (χ1) is 5.54. The smallest absolute Gasteiger partial charge is 0.234 e. The van der Waals surface area contributed by atoms with E-state index >= 15 is 0 Å². The summed E-state index contributed by atoms with van der Waals surface area (Å²) in [5.74, 6) is -0.305. The zero-order chi connectivity index (χ0) is 9.56. The van der Waals surface area contributed by atoms with Crippen LogP contribution >= 0.6 is 0 Å². The van der Waals surface area contributed by atoms with Crippen molar-refractivity contribution in [2.45, 2.75) is 38.6 Å². The molecule has 1 atom stereocenters. The molecule has 0 heterocycles. The molecule has 0 aromatic carbocycles. The van der Waals surface area contributed by atoms with Crippen molar-refractivity contribution in [2.24, 2.45) is 11.5 Å². The highest BCUT2D eigenvalue weighted by atomic mass is 16.1. The third kappa shape index (κ3) is 5.85. The number of amides is 1. The number of hydrogen-bond donors (Lipinski definition) is 2. The molecule has 0 aliphatic carbocycles. The van der Waals surface area contributed by atoms with Crippen LogP contribution in [-0.2, 0) is 9.59 Å². The van der Waals surface area contributed by atoms with Crippen molar-refractivity contribution in [1.29, 1.82) is 0 Å². The first-order valence-corrected chi connectivity index (χ1v) is 4.08. The largest absolute Gasteiger partial charge is 0.368 e. The molecule has 0 spiro atoms. The van der Waals surface area contributed by atoms with Gasteiger partial charge in [0.15, 0.2) is 0 Å². The van der Waals surface area contributed by atoms with Gasteiger partial charge in [0.1, 0.15) is 5.78 Å². The van der Waals surface area contributed by atoms with Crippen LogP contribution in [-0.4, -0.2) is 17.7 Å². The lowest BCUT2D eigenvalue weighted by Gasteiger charge is -2.05. The average molecular weight is 172 g/mol. The van der Waals surface area contributed by atoms with Gasteiger partial charge in [0, 0.05) is 6.42 Å². The standard InChI is InChI=1S/C8H16N2O2/c1-6(11)4-2-3-5-7(9)8(10)12/h7H,2-5,9H2,1H3,(H2,10,12)/t7-/m0/s1. The number of carbonyl (C=O) groups excluding carboxylic acids is 2. The summed E-state index contributed by atoms with van der Waals surface area (Å²) >= 11 is 0. The van der Waals surface area contributed by atoms with Crippen LogP contribution in [0.25, 0.3) is 0 Å². The Labute approximate surface area is 72.3 Å². The van der Waals surface area contributed by atoms with Crippen LogP contribution in [0.15, 0.2) is 0 Å². The number of carbonyl (C=O) groups is 2. The Morgan fingerprint density at radius 1 is 1.33 bits per heavy atom. The molecule has 0 saturated heterocycles. The van der Waals surface area contributed by atoms with Crippen molar-refractivity contribution in [2.75, 3.05) is 0 Å². The molecule has 4 nitrogen and oxygen atoms in total. The maximum atomic E-state index is 10.5. The summed E-state index contributed by atoms with van der Waals surface area (Å²) in [6.07, 6.45) is 2.70. The SMILES string of the molecule is CC(=O)CCCC[C@H](N)C(N)=O. The molecule has 0 rings (SSSR count). The van der Waals surface area contributed by atoms with Crippen LogP contribution in [0.3, 0.4) is 0 Å². The van der Waals surface area contributed by atoms with Gasteiger partial charge >= 0.3 is 0 Å². The fourth-order valence-electron chi connectivity index (χ4n) is 0.880. The lowest BCUT2D eigenvalue weighted by Crippen LogP contribution is -2.36. The van der Waals surface area contributed by atoms with Crippen molar-refractivity contribution >= 4 is 11.7 Å². The Morgan fingerprint density at radius 3 is 2.33 bits per heavy atom. The van der Waals surface area contributed by atoms with Gasteiger partial charge in [-0.3, -0.25) is 4.79 Å². The number of ketones is 1. The molecule has 0 aliphatic heterocycles. The summed E-state index contributed by atoms with van der Waals surface area (Å²) in [5, 5.41) is 0. The fraction of sp³-hybridized carbons (Fsp3) is 0.750. The molecule has 0 bridgehead atoms. The molecule has 0 aromatic heterocycles. The predicted octanol–water partition coefficient (Wildman–Crippen LogP) is -0.0516. The van der Waals surface area contributed by atoms with Crippen molar-refractivity contribution in [1.82, 2.24) is 0 Å². The first-order valence-electron chi connectivity index (χ1n) is 4.08. The van der Waals surface area contributed by atoms with Gasteiger partial charge in [0.2, 0.25) is 5.91 Å². The topological polar surface area (TPSA) is 86.2 Å². The van der Waals surface area contributed by atoms with Crippen LogP contribution < -0.4 is 11.5 Å². The quantitative estimate of drug-likeness (QED) is 0.551. The molecule has 0 aromatic rings. The summed E-state index contributed by atoms with van der Waals surface area (Å²) in [5.41, 5.74) is 10.3. The highest BCUT2D eigenvalue weighted by molar-refractivity contribution is 5.79. The van der Waals surface area contributed by atoms with Gasteiger partial charge in [-0.1, -0.05) is 6.42 Å². The second-order valence-corrected chi connectivity index (χ2v) is 2.96. The van der Waals surface area contributed by atoms with Gasteiger partial charge in [-0.2, -0.15) is 0 Å². The number of nitrogens with two attached hydrogens (primary N) is 2. The van der Waals surface area contributed by atoms with E-state index in [9.17, 15) is 9.59 Å². The zero-order valence-electron chi connectivity index (χ0n) is 7.38. The van der Waals surface area contributed by atoms with E-state index in [1.54, 1.807) is 6.92 Å². The Hall–Kier alpha value is -0.900. The molecular formula is C8H16N2O2. The molecule has 4 N–H and O–H groups in total. The molecular weight excluding hydrogens is 156 g/mol. The minimum atomic E-state index is -0.558. The van der Waals surface area contributed by atoms with E-state index in [0.29, 0.717) is 12.8 Å². The second-order valence-electron chi connectivity index (χ2n) is 2.96. The lowest BCUT2D eigenvalue weighted by molar-refractivity contribution is -0.119. The Bertz CT molecular complexity index is 168. The maximum Gasteiger partial charge on any atom is 0.234 e. The third-order valence-electron chi connectivity index (χ3n) is 1.66. The number of Topliss-reactive ketones (excluding diaryl/α,β-unsaturated/α-hetero) is 1. The number of primary amides is 1. The van der Waals surface area contributed by atoms with Crippen LogP contribution in [0.5, 0.6) is 0 Å². The molecule has 0 unspecified atom stereocenters. The Kier molecular flexibility index (Phi) is 5.28. The van der Waals surface area contributed by atoms with Gasteiger partial charge in [0.05, 0.1) is 6.04 Å². The fourth-order valence-corrected chi connectivity index (χ4v) is 0.880. The van der Waals surface area contributed by atoms with Crippen LogP contribution in [0.2, 0.25) is 0 Å². The summed E-state index contributed by atoms with van der Waals surface area (Å²) in [6.45, 7) is 1.55. The average Bonchev–Trinajstić information content (AvgIpc) is 1.97. The first kappa shape index (κ1) is 11.1. The van der Waals surface area contributed by atoms with Crippen molar-refractivity contribution in [3.8, 4) is 0 Å². The summed E-state index contributed by atoms with van der Waals surface area (Å²) < 4.78 is 0. The van der Waals surface area contributed by atoms with E-state index in [0.717, 1.165) is 12.8 Å².